The van der Waals surface area contributed by atoms with Crippen molar-refractivity contribution in [3.8, 4) is 0 Å². The Bertz CT molecular complexity index is 1080. The molecular weight excluding hydrogens is 361 g/mol. The monoisotopic (exact) mass is 381 g/mol. The zero-order chi connectivity index (χ0) is 19.7. The van der Waals surface area contributed by atoms with Gasteiger partial charge in [-0.25, -0.2) is 9.37 Å². The van der Waals surface area contributed by atoms with Crippen LogP contribution in [0.1, 0.15) is 18.6 Å². The highest BCUT2D eigenvalue weighted by atomic mass is 19.1. The zero-order valence-electron chi connectivity index (χ0n) is 15.4. The molecule has 4 rings (SSSR count). The first kappa shape index (κ1) is 18.3. The molecule has 2 aromatic carbocycles. The molecule has 1 aliphatic heterocycles. The van der Waals surface area contributed by atoms with E-state index in [0.717, 1.165) is 0 Å². The molecule has 3 aromatic rings. The van der Waals surface area contributed by atoms with Crippen LogP contribution < -0.4 is 5.56 Å². The Hall–Kier alpha value is -3.06. The van der Waals surface area contributed by atoms with E-state index in [1.807, 2.05) is 19.1 Å². The van der Waals surface area contributed by atoms with Gasteiger partial charge in [-0.2, -0.15) is 0 Å². The molecular formula is C21H20FN3O3. The van der Waals surface area contributed by atoms with Crippen molar-refractivity contribution in [2.75, 3.05) is 13.2 Å². The van der Waals surface area contributed by atoms with Crippen LogP contribution >= 0.6 is 0 Å². The lowest BCUT2D eigenvalue weighted by Crippen LogP contribution is -2.50. The third-order valence-electron chi connectivity index (χ3n) is 5.10. The quantitative estimate of drug-likeness (QED) is 0.699. The maximum atomic E-state index is 13.6. The molecule has 0 radical (unpaired) electrons. The molecule has 2 atom stereocenters. The van der Waals surface area contributed by atoms with Gasteiger partial charge in [0, 0.05) is 6.54 Å². The molecule has 0 N–H and O–H groups in total. The van der Waals surface area contributed by atoms with Crippen LogP contribution in [0.15, 0.2) is 59.5 Å². The number of hydrogen-bond acceptors (Lipinski definition) is 4. The van der Waals surface area contributed by atoms with Crippen molar-refractivity contribution in [2.45, 2.75) is 25.6 Å². The molecule has 28 heavy (non-hydrogen) atoms. The van der Waals surface area contributed by atoms with Crippen molar-refractivity contribution in [3.05, 3.63) is 76.5 Å². The second-order valence-corrected chi connectivity index (χ2v) is 6.85. The lowest BCUT2D eigenvalue weighted by molar-refractivity contribution is -0.146. The minimum absolute atomic E-state index is 0.0813. The minimum atomic E-state index is -0.417. The number of ether oxygens (including phenoxy) is 1. The van der Waals surface area contributed by atoms with Gasteiger partial charge in [0.25, 0.3) is 5.56 Å². The van der Waals surface area contributed by atoms with Crippen molar-refractivity contribution in [1.82, 2.24) is 14.5 Å². The van der Waals surface area contributed by atoms with Crippen molar-refractivity contribution < 1.29 is 13.9 Å². The van der Waals surface area contributed by atoms with Crippen molar-refractivity contribution in [2.24, 2.45) is 0 Å². The number of carbonyl (C=O) groups excluding carboxylic acids is 1. The van der Waals surface area contributed by atoms with Gasteiger partial charge in [0.1, 0.15) is 18.5 Å². The molecule has 0 saturated carbocycles. The van der Waals surface area contributed by atoms with Crippen molar-refractivity contribution in [1.29, 1.82) is 0 Å². The minimum Gasteiger partial charge on any atom is -0.370 e. The van der Waals surface area contributed by atoms with E-state index in [1.54, 1.807) is 29.2 Å². The lowest BCUT2D eigenvalue weighted by atomic mass is 10.0. The number of nitrogens with zero attached hydrogens (tertiary/aromatic N) is 3. The van der Waals surface area contributed by atoms with Gasteiger partial charge in [-0.3, -0.25) is 14.2 Å². The highest BCUT2D eigenvalue weighted by Crippen LogP contribution is 2.29. The van der Waals surface area contributed by atoms with E-state index in [9.17, 15) is 14.0 Å². The number of para-hydroxylation sites is 2. The molecule has 6 nitrogen and oxygen atoms in total. The Labute approximate surface area is 161 Å². The molecule has 0 aliphatic carbocycles. The fourth-order valence-corrected chi connectivity index (χ4v) is 3.70. The molecule has 0 bridgehead atoms. The van der Waals surface area contributed by atoms with Crippen LogP contribution in [0.3, 0.4) is 0 Å². The largest absolute Gasteiger partial charge is 0.370 e. The summed E-state index contributed by atoms with van der Waals surface area (Å²) in [6, 6.07) is 13.1. The van der Waals surface area contributed by atoms with Crippen LogP contribution in [-0.2, 0) is 16.1 Å². The molecule has 1 amide bonds. The first-order valence-corrected chi connectivity index (χ1v) is 9.16. The number of benzene rings is 2. The van der Waals surface area contributed by atoms with E-state index in [4.69, 9.17) is 4.74 Å². The number of halogens is 1. The highest BCUT2D eigenvalue weighted by Gasteiger charge is 2.33. The average molecular weight is 381 g/mol. The van der Waals surface area contributed by atoms with Gasteiger partial charge in [0.2, 0.25) is 5.91 Å². The fraction of sp³-hybridized carbons (Fsp3) is 0.286. The summed E-state index contributed by atoms with van der Waals surface area (Å²) in [5, 5.41) is 0. The van der Waals surface area contributed by atoms with Crippen LogP contribution in [0.2, 0.25) is 0 Å². The third-order valence-corrected chi connectivity index (χ3v) is 5.10. The van der Waals surface area contributed by atoms with Gasteiger partial charge in [-0.1, -0.05) is 24.3 Å². The summed E-state index contributed by atoms with van der Waals surface area (Å²) >= 11 is 0. The third kappa shape index (κ3) is 3.41. The summed E-state index contributed by atoms with van der Waals surface area (Å²) in [6.45, 7) is 2.56. The molecule has 1 aliphatic rings. The van der Waals surface area contributed by atoms with E-state index >= 15 is 0 Å². The summed E-state index contributed by atoms with van der Waals surface area (Å²) in [5.74, 6) is -0.526. The summed E-state index contributed by atoms with van der Waals surface area (Å²) in [7, 11) is 0. The highest BCUT2D eigenvalue weighted by molar-refractivity contribution is 5.80. The van der Waals surface area contributed by atoms with Crippen molar-refractivity contribution in [3.63, 3.8) is 0 Å². The second kappa shape index (κ2) is 7.52. The first-order chi connectivity index (χ1) is 13.5. The molecule has 1 saturated heterocycles. The summed E-state index contributed by atoms with van der Waals surface area (Å²) in [4.78, 5) is 31.2. The topological polar surface area (TPSA) is 64.4 Å². The molecule has 0 unspecified atom stereocenters. The predicted molar refractivity (Wildman–Crippen MR) is 102 cm³/mol. The van der Waals surface area contributed by atoms with Gasteiger partial charge in [0.15, 0.2) is 0 Å². The maximum Gasteiger partial charge on any atom is 0.269 e. The van der Waals surface area contributed by atoms with Crippen LogP contribution in [-0.4, -0.2) is 39.6 Å². The standard InChI is InChI=1S/C21H20FN3O3/c1-14-21(15-5-4-6-16(22)11-15)28-10-9-24(14)20(27)13-25-18-8-3-2-7-17(18)23-12-19(25)26/h2-8,11-12,14,21H,9-10,13H2,1H3/t14-,21+/m1/s1. The number of morpholine rings is 1. The van der Waals surface area contributed by atoms with Gasteiger partial charge in [-0.15, -0.1) is 0 Å². The number of hydrogen-bond donors (Lipinski definition) is 0. The van der Waals surface area contributed by atoms with Gasteiger partial charge < -0.3 is 9.64 Å². The Kier molecular flexibility index (Phi) is 4.92. The summed E-state index contributed by atoms with van der Waals surface area (Å²) < 4.78 is 20.9. The van der Waals surface area contributed by atoms with Crippen molar-refractivity contribution >= 4 is 16.9 Å². The van der Waals surface area contributed by atoms with Gasteiger partial charge >= 0.3 is 0 Å². The van der Waals surface area contributed by atoms with Crippen LogP contribution in [0.25, 0.3) is 11.0 Å². The summed E-state index contributed by atoms with van der Waals surface area (Å²) in [5.41, 5.74) is 1.64. The van der Waals surface area contributed by atoms with E-state index in [-0.39, 0.29) is 29.9 Å². The van der Waals surface area contributed by atoms with Gasteiger partial charge in [-0.05, 0) is 36.8 Å². The molecule has 1 aromatic heterocycles. The summed E-state index contributed by atoms with van der Waals surface area (Å²) in [6.07, 6.45) is 0.813. The number of fused-ring (bicyclic) bond motifs is 1. The van der Waals surface area contributed by atoms with E-state index in [2.05, 4.69) is 4.98 Å². The smallest absolute Gasteiger partial charge is 0.269 e. The van der Waals surface area contributed by atoms with E-state index in [0.29, 0.717) is 29.7 Å². The van der Waals surface area contributed by atoms with Crippen LogP contribution in [0.4, 0.5) is 4.39 Å². The average Bonchev–Trinajstić information content (AvgIpc) is 2.70. The van der Waals surface area contributed by atoms with Gasteiger partial charge in [0.05, 0.1) is 29.9 Å². The molecule has 2 heterocycles. The SMILES string of the molecule is C[C@@H]1[C@@H](c2cccc(F)c2)OCCN1C(=O)Cn1c(=O)cnc2ccccc21. The Morgan fingerprint density at radius 1 is 1.25 bits per heavy atom. The lowest BCUT2D eigenvalue weighted by Gasteiger charge is -2.39. The Morgan fingerprint density at radius 3 is 2.89 bits per heavy atom. The zero-order valence-corrected chi connectivity index (χ0v) is 15.4. The number of carbonyl (C=O) groups is 1. The molecule has 7 heteroatoms. The van der Waals surface area contributed by atoms with Crippen LogP contribution in [0.5, 0.6) is 0 Å². The molecule has 144 valence electrons. The van der Waals surface area contributed by atoms with Crippen LogP contribution in [0, 0.1) is 5.82 Å². The first-order valence-electron chi connectivity index (χ1n) is 9.16. The Morgan fingerprint density at radius 2 is 2.07 bits per heavy atom. The predicted octanol–water partition coefficient (Wildman–Crippen LogP) is 2.52. The normalized spacial score (nSPS) is 19.7. The fourth-order valence-electron chi connectivity index (χ4n) is 3.70. The second-order valence-electron chi connectivity index (χ2n) is 6.85. The molecule has 1 fully saturated rings. The molecule has 0 spiro atoms. The Balaban J connectivity index is 1.60. The van der Waals surface area contributed by atoms with E-state index in [1.165, 1.54) is 22.9 Å². The van der Waals surface area contributed by atoms with E-state index < -0.39 is 6.10 Å². The number of aromatic nitrogens is 2. The number of rotatable bonds is 3. The number of amides is 1. The maximum absolute atomic E-state index is 13.6.